The van der Waals surface area contributed by atoms with Crippen LogP contribution in [0.25, 0.3) is 33.8 Å². The summed E-state index contributed by atoms with van der Waals surface area (Å²) in [6.07, 6.45) is 9.08. The smallest absolute Gasteiger partial charge is 0.232 e. The molecular weight excluding hydrogens is 729 g/mol. The third-order valence-corrected chi connectivity index (χ3v) is 9.49. The molecule has 0 radical (unpaired) electrons. The Labute approximate surface area is 336 Å². The summed E-state index contributed by atoms with van der Waals surface area (Å²) in [5.74, 6) is 2.82. The second-order valence-corrected chi connectivity index (χ2v) is 13.4. The summed E-state index contributed by atoms with van der Waals surface area (Å²) in [6.45, 7) is 8.96. The molecule has 0 spiro atoms. The summed E-state index contributed by atoms with van der Waals surface area (Å²) < 4.78 is 19.4. The molecule has 0 bridgehead atoms. The third-order valence-electron chi connectivity index (χ3n) is 9.49. The normalized spacial score (nSPS) is 10.9. The monoisotopic (exact) mass is 774 g/mol. The van der Waals surface area contributed by atoms with E-state index in [0.717, 1.165) is 81.1 Å². The van der Waals surface area contributed by atoms with Gasteiger partial charge in [0.1, 0.15) is 24.9 Å². The van der Waals surface area contributed by atoms with Crippen molar-refractivity contribution in [2.75, 3.05) is 0 Å². The fourth-order valence-electron chi connectivity index (χ4n) is 6.27. The van der Waals surface area contributed by atoms with Gasteiger partial charge in [-0.25, -0.2) is 29.0 Å². The van der Waals surface area contributed by atoms with Gasteiger partial charge in [0.05, 0.1) is 34.2 Å². The molecule has 58 heavy (non-hydrogen) atoms. The van der Waals surface area contributed by atoms with E-state index in [1.165, 1.54) is 0 Å². The molecule has 0 saturated carbocycles. The van der Waals surface area contributed by atoms with Gasteiger partial charge in [0.25, 0.3) is 0 Å². The lowest BCUT2D eigenvalue weighted by Gasteiger charge is -2.06. The van der Waals surface area contributed by atoms with E-state index < -0.39 is 0 Å². The number of benzene rings is 2. The third kappa shape index (κ3) is 9.07. The van der Waals surface area contributed by atoms with Gasteiger partial charge in [0.15, 0.2) is 11.3 Å². The highest BCUT2D eigenvalue weighted by Crippen LogP contribution is 2.21. The lowest BCUT2D eigenvalue weighted by molar-refractivity contribution is 0.276. The SMILES string of the molecule is CCc1nc2ccc(OCc3nc(-c4ccccc4)cn3C)nn2c1C.CCc1nc2ccc(OCc3nc(-c4ccccc4)cn3C)nn2c1C.c1ccnnc1. The van der Waals surface area contributed by atoms with Crippen LogP contribution in [-0.4, -0.2) is 58.5 Å². The van der Waals surface area contributed by atoms with Gasteiger partial charge in [0, 0.05) is 62.1 Å². The van der Waals surface area contributed by atoms with Crippen molar-refractivity contribution in [2.24, 2.45) is 14.1 Å². The molecule has 14 heteroatoms. The zero-order valence-electron chi connectivity index (χ0n) is 33.6. The first-order chi connectivity index (χ1) is 28.3. The van der Waals surface area contributed by atoms with Crippen molar-refractivity contribution < 1.29 is 9.47 Å². The van der Waals surface area contributed by atoms with Gasteiger partial charge >= 0.3 is 0 Å². The minimum Gasteiger partial charge on any atom is -0.468 e. The Bertz CT molecular complexity index is 2500. The maximum Gasteiger partial charge on any atom is 0.232 e. The van der Waals surface area contributed by atoms with Crippen LogP contribution in [0.1, 0.15) is 48.3 Å². The van der Waals surface area contributed by atoms with Gasteiger partial charge in [-0.1, -0.05) is 74.5 Å². The molecule has 0 unspecified atom stereocenters. The number of rotatable bonds is 10. The first-order valence-electron chi connectivity index (χ1n) is 19.1. The van der Waals surface area contributed by atoms with Crippen LogP contribution in [0.3, 0.4) is 0 Å². The van der Waals surface area contributed by atoms with Crippen molar-refractivity contribution in [3.8, 4) is 34.3 Å². The Morgan fingerprint density at radius 1 is 0.500 bits per heavy atom. The molecule has 14 nitrogen and oxygen atoms in total. The molecule has 2 aromatic carbocycles. The summed E-state index contributed by atoms with van der Waals surface area (Å²) in [5, 5.41) is 16.2. The molecule has 0 atom stereocenters. The van der Waals surface area contributed by atoms with E-state index in [4.69, 9.17) is 9.47 Å². The first kappa shape index (κ1) is 39.0. The predicted octanol–water partition coefficient (Wildman–Crippen LogP) is 7.64. The average molecular weight is 775 g/mol. The molecule has 0 saturated heterocycles. The van der Waals surface area contributed by atoms with Crippen LogP contribution < -0.4 is 9.47 Å². The summed E-state index contributed by atoms with van der Waals surface area (Å²) in [7, 11) is 3.95. The number of fused-ring (bicyclic) bond motifs is 2. The number of hydrogen-bond donors (Lipinski definition) is 0. The molecule has 294 valence electrons. The summed E-state index contributed by atoms with van der Waals surface area (Å²) in [6, 6.07) is 31.5. The van der Waals surface area contributed by atoms with Crippen molar-refractivity contribution >= 4 is 11.3 Å². The van der Waals surface area contributed by atoms with E-state index in [-0.39, 0.29) is 0 Å². The lowest BCUT2D eigenvalue weighted by atomic mass is 10.2. The van der Waals surface area contributed by atoms with E-state index in [9.17, 15) is 0 Å². The highest BCUT2D eigenvalue weighted by Gasteiger charge is 2.13. The van der Waals surface area contributed by atoms with Gasteiger partial charge in [-0.2, -0.15) is 10.2 Å². The van der Waals surface area contributed by atoms with E-state index in [1.807, 2.05) is 131 Å². The topological polar surface area (TPSA) is 140 Å². The fraction of sp³-hybridized carbons (Fsp3) is 0.227. The van der Waals surface area contributed by atoms with Gasteiger partial charge in [-0.05, 0) is 51.0 Å². The number of aryl methyl sites for hydroxylation is 6. The zero-order chi connectivity index (χ0) is 40.4. The molecule has 0 fully saturated rings. The second kappa shape index (κ2) is 18.2. The van der Waals surface area contributed by atoms with Gasteiger partial charge in [-0.3, -0.25) is 0 Å². The summed E-state index contributed by atoms with van der Waals surface area (Å²) in [5.41, 5.74) is 9.97. The van der Waals surface area contributed by atoms with Crippen molar-refractivity contribution in [3.63, 3.8) is 0 Å². The number of hydrogen-bond acceptors (Lipinski definition) is 10. The van der Waals surface area contributed by atoms with Crippen LogP contribution in [0.5, 0.6) is 11.8 Å². The highest BCUT2D eigenvalue weighted by molar-refractivity contribution is 5.59. The lowest BCUT2D eigenvalue weighted by Crippen LogP contribution is -2.05. The van der Waals surface area contributed by atoms with Crippen molar-refractivity contribution in [3.05, 3.63) is 156 Å². The number of nitrogens with zero attached hydrogens (tertiary/aromatic N) is 12. The molecule has 9 aromatic rings. The Kier molecular flexibility index (Phi) is 12.2. The Balaban J connectivity index is 0.000000154. The Hall–Kier alpha value is -7.22. The fourth-order valence-corrected chi connectivity index (χ4v) is 6.27. The maximum absolute atomic E-state index is 5.89. The van der Waals surface area contributed by atoms with Crippen LogP contribution in [0.2, 0.25) is 0 Å². The second-order valence-electron chi connectivity index (χ2n) is 13.4. The predicted molar refractivity (Wildman–Crippen MR) is 222 cm³/mol. The molecule has 7 aromatic heterocycles. The molecule has 0 aliphatic carbocycles. The van der Waals surface area contributed by atoms with Crippen LogP contribution >= 0.6 is 0 Å². The average Bonchev–Trinajstić information content (AvgIpc) is 4.03. The van der Waals surface area contributed by atoms with Crippen molar-refractivity contribution in [1.82, 2.24) is 58.5 Å². The van der Waals surface area contributed by atoms with Crippen LogP contribution in [0, 0.1) is 13.8 Å². The van der Waals surface area contributed by atoms with Crippen molar-refractivity contribution in [1.29, 1.82) is 0 Å². The van der Waals surface area contributed by atoms with E-state index in [0.29, 0.717) is 25.0 Å². The van der Waals surface area contributed by atoms with Crippen molar-refractivity contribution in [2.45, 2.75) is 53.8 Å². The molecule has 9 rings (SSSR count). The van der Waals surface area contributed by atoms with Gasteiger partial charge < -0.3 is 18.6 Å². The number of imidazole rings is 4. The van der Waals surface area contributed by atoms with Crippen LogP contribution in [0.15, 0.2) is 122 Å². The van der Waals surface area contributed by atoms with Gasteiger partial charge in [-0.15, -0.1) is 10.2 Å². The first-order valence-corrected chi connectivity index (χ1v) is 19.1. The molecule has 0 aliphatic rings. The van der Waals surface area contributed by atoms with E-state index in [2.05, 4.69) is 78.4 Å². The zero-order valence-corrected chi connectivity index (χ0v) is 33.6. The Morgan fingerprint density at radius 2 is 0.914 bits per heavy atom. The van der Waals surface area contributed by atoms with Crippen LogP contribution in [-0.2, 0) is 40.2 Å². The Morgan fingerprint density at radius 3 is 1.28 bits per heavy atom. The van der Waals surface area contributed by atoms with E-state index in [1.54, 1.807) is 12.4 Å². The number of ether oxygens (including phenoxy) is 2. The molecule has 0 amide bonds. The van der Waals surface area contributed by atoms with Crippen LogP contribution in [0.4, 0.5) is 0 Å². The summed E-state index contributed by atoms with van der Waals surface area (Å²) >= 11 is 0. The molecular formula is C44H46N12O2. The van der Waals surface area contributed by atoms with E-state index >= 15 is 0 Å². The number of aromatic nitrogens is 12. The maximum atomic E-state index is 5.89. The molecule has 7 heterocycles. The summed E-state index contributed by atoms with van der Waals surface area (Å²) in [4.78, 5) is 18.5. The van der Waals surface area contributed by atoms with Gasteiger partial charge in [0.2, 0.25) is 11.8 Å². The highest BCUT2D eigenvalue weighted by atomic mass is 16.5. The quantitative estimate of drug-likeness (QED) is 0.136. The largest absolute Gasteiger partial charge is 0.468 e. The molecule has 0 N–H and O–H groups in total. The molecule has 0 aliphatic heterocycles. The minimum atomic E-state index is 0.357. The minimum absolute atomic E-state index is 0.357. The standard InChI is InChI=1S/2C20H21N5O.C4H4N2/c2*1-4-16-14(2)25-18(21-16)10-11-20(23-25)26-13-19-22-17(12-24(19)3)15-8-6-5-7-9-15;1-2-4-6-5-3-1/h2*5-12H,4,13H2,1-3H3;1-4H.